The summed E-state index contributed by atoms with van der Waals surface area (Å²) in [7, 11) is 0. The van der Waals surface area contributed by atoms with Crippen molar-refractivity contribution in [3.05, 3.63) is 83.8 Å². The predicted molar refractivity (Wildman–Crippen MR) is 120 cm³/mol. The largest absolute Gasteiger partial charge is 0.369 e. The number of nitriles is 1. The number of allylic oxidation sites excluding steroid dienone is 2. The van der Waals surface area contributed by atoms with E-state index in [0.717, 1.165) is 5.57 Å². The second kappa shape index (κ2) is 10.8. The summed E-state index contributed by atoms with van der Waals surface area (Å²) < 4.78 is 14.6. The van der Waals surface area contributed by atoms with Crippen LogP contribution in [-0.2, 0) is 0 Å². The summed E-state index contributed by atoms with van der Waals surface area (Å²) in [4.78, 5) is 16.3. The van der Waals surface area contributed by atoms with Gasteiger partial charge in [-0.3, -0.25) is 10.3 Å². The van der Waals surface area contributed by atoms with E-state index in [2.05, 4.69) is 25.6 Å². The topological polar surface area (TPSA) is 102 Å². The first-order valence-electron chi connectivity index (χ1n) is 9.95. The molecule has 3 N–H and O–H groups in total. The zero-order chi connectivity index (χ0) is 22.1. The Labute approximate surface area is 180 Å². The molecular formula is C23H24FN7. The van der Waals surface area contributed by atoms with Crippen LogP contribution in [0, 0.1) is 17.1 Å². The van der Waals surface area contributed by atoms with E-state index in [-0.39, 0.29) is 12.0 Å². The van der Waals surface area contributed by atoms with Gasteiger partial charge in [0.05, 0.1) is 17.4 Å². The van der Waals surface area contributed by atoms with E-state index in [1.807, 2.05) is 26.0 Å². The van der Waals surface area contributed by atoms with Crippen LogP contribution in [0.1, 0.15) is 30.8 Å². The molecule has 2 aromatic heterocycles. The number of imidazole rings is 1. The van der Waals surface area contributed by atoms with Crippen molar-refractivity contribution in [3.8, 4) is 6.07 Å². The summed E-state index contributed by atoms with van der Waals surface area (Å²) >= 11 is 0. The minimum absolute atomic E-state index is 0.268. The lowest BCUT2D eigenvalue weighted by Gasteiger charge is -2.16. The Kier molecular flexibility index (Phi) is 7.62. The van der Waals surface area contributed by atoms with Crippen molar-refractivity contribution in [3.63, 3.8) is 0 Å². The smallest absolute Gasteiger partial charge is 0.139 e. The summed E-state index contributed by atoms with van der Waals surface area (Å²) in [5.41, 5.74) is 2.19. The quantitative estimate of drug-likeness (QED) is 0.363. The van der Waals surface area contributed by atoms with Gasteiger partial charge in [0.25, 0.3) is 0 Å². The van der Waals surface area contributed by atoms with Crippen LogP contribution in [0.25, 0.3) is 5.57 Å². The minimum Gasteiger partial charge on any atom is -0.369 e. The second-order valence-corrected chi connectivity index (χ2v) is 6.70. The Bertz CT molecular complexity index is 1080. The molecule has 0 radical (unpaired) electrons. The molecule has 3 rings (SSSR count). The average Bonchev–Trinajstić information content (AvgIpc) is 3.32. The second-order valence-electron chi connectivity index (χ2n) is 6.70. The number of aromatic amines is 1. The average molecular weight is 417 g/mol. The number of aliphatic imine (C=N–C) groups is 1. The van der Waals surface area contributed by atoms with E-state index < -0.39 is 0 Å². The van der Waals surface area contributed by atoms with Crippen LogP contribution in [-0.4, -0.2) is 39.9 Å². The van der Waals surface area contributed by atoms with Crippen molar-refractivity contribution >= 4 is 17.1 Å². The van der Waals surface area contributed by atoms with Crippen molar-refractivity contribution in [1.82, 2.24) is 20.3 Å². The number of nitrogens with one attached hydrogen (secondary N) is 3. The van der Waals surface area contributed by atoms with Crippen molar-refractivity contribution in [2.75, 3.05) is 18.4 Å². The molecule has 0 fully saturated rings. The van der Waals surface area contributed by atoms with E-state index in [0.29, 0.717) is 41.6 Å². The molecule has 0 aliphatic rings. The van der Waals surface area contributed by atoms with Gasteiger partial charge in [0.2, 0.25) is 0 Å². The summed E-state index contributed by atoms with van der Waals surface area (Å²) in [6.07, 6.45) is 6.51. The number of rotatable bonds is 9. The Morgan fingerprint density at radius 2 is 2.10 bits per heavy atom. The molecule has 1 unspecified atom stereocenters. The van der Waals surface area contributed by atoms with Gasteiger partial charge < -0.3 is 10.3 Å². The fourth-order valence-corrected chi connectivity index (χ4v) is 3.01. The minimum atomic E-state index is -0.340. The van der Waals surface area contributed by atoms with E-state index in [1.54, 1.807) is 42.7 Å². The zero-order valence-corrected chi connectivity index (χ0v) is 17.4. The van der Waals surface area contributed by atoms with E-state index >= 15 is 0 Å². The highest BCUT2D eigenvalue weighted by Gasteiger charge is 2.18. The molecule has 0 amide bonds. The molecule has 0 aliphatic carbocycles. The Morgan fingerprint density at radius 1 is 1.26 bits per heavy atom. The van der Waals surface area contributed by atoms with Gasteiger partial charge >= 0.3 is 0 Å². The third-order valence-corrected chi connectivity index (χ3v) is 4.51. The number of anilines is 1. The Morgan fingerprint density at radius 3 is 2.74 bits per heavy atom. The summed E-state index contributed by atoms with van der Waals surface area (Å²) in [5.74, 6) is 0.983. The van der Waals surface area contributed by atoms with Gasteiger partial charge in [-0.15, -0.1) is 0 Å². The highest BCUT2D eigenvalue weighted by atomic mass is 19.1. The maximum atomic E-state index is 14.6. The summed E-state index contributed by atoms with van der Waals surface area (Å²) in [6, 6.07) is 12.1. The van der Waals surface area contributed by atoms with E-state index in [4.69, 9.17) is 10.3 Å². The van der Waals surface area contributed by atoms with Gasteiger partial charge in [0.15, 0.2) is 0 Å². The normalized spacial score (nSPS) is 13.0. The Hall–Kier alpha value is -3.83. The fraction of sp³-hybridized carbons (Fsp3) is 0.217. The lowest BCUT2D eigenvalue weighted by Crippen LogP contribution is -2.30. The molecule has 0 spiro atoms. The third-order valence-electron chi connectivity index (χ3n) is 4.51. The number of aromatic nitrogens is 3. The highest BCUT2D eigenvalue weighted by Crippen LogP contribution is 2.20. The maximum absolute atomic E-state index is 14.6. The van der Waals surface area contributed by atoms with Gasteiger partial charge in [-0.05, 0) is 38.1 Å². The Balaban J connectivity index is 1.70. The standard InChI is InChI=1S/C23H24FN7/c1-3-18(23-28-12-13-29-23)22(19-6-4-5-7-20(19)24)31-16(2)26-10-11-27-21-9-8-17(14-25)15-30-21/h3-9,12-13,15-16,26H,10-11H2,1-2H3,(H,27,30)(H,28,29)/b18-3+,31-22+. The number of halogens is 1. The predicted octanol–water partition coefficient (Wildman–Crippen LogP) is 3.76. The number of pyridine rings is 1. The molecule has 0 aliphatic heterocycles. The van der Waals surface area contributed by atoms with Crippen molar-refractivity contribution in [2.45, 2.75) is 20.0 Å². The molecule has 1 atom stereocenters. The van der Waals surface area contributed by atoms with Crippen LogP contribution in [0.4, 0.5) is 10.2 Å². The third kappa shape index (κ3) is 5.84. The van der Waals surface area contributed by atoms with Gasteiger partial charge in [-0.1, -0.05) is 18.2 Å². The van der Waals surface area contributed by atoms with Crippen LogP contribution in [0.5, 0.6) is 0 Å². The monoisotopic (exact) mass is 417 g/mol. The first-order chi connectivity index (χ1) is 15.1. The van der Waals surface area contributed by atoms with Gasteiger partial charge in [0.1, 0.15) is 23.5 Å². The SMILES string of the molecule is C/C=C(\C(=N/C(C)NCCNc1ccc(C#N)cn1)c1ccccc1F)c1ncc[nH]1. The molecule has 2 heterocycles. The number of hydrogen-bond donors (Lipinski definition) is 3. The molecule has 0 bridgehead atoms. The number of H-pyrrole nitrogens is 1. The number of benzene rings is 1. The molecule has 7 nitrogen and oxygen atoms in total. The molecule has 31 heavy (non-hydrogen) atoms. The number of hydrogen-bond acceptors (Lipinski definition) is 6. The molecule has 0 saturated heterocycles. The van der Waals surface area contributed by atoms with Gasteiger partial charge in [-0.25, -0.2) is 14.4 Å². The lowest BCUT2D eigenvalue weighted by molar-refractivity contribution is 0.581. The van der Waals surface area contributed by atoms with Crippen molar-refractivity contribution in [1.29, 1.82) is 5.26 Å². The van der Waals surface area contributed by atoms with Crippen LogP contribution in [0.15, 0.2) is 66.1 Å². The molecule has 3 aromatic rings. The molecule has 0 saturated carbocycles. The lowest BCUT2D eigenvalue weighted by atomic mass is 10.0. The van der Waals surface area contributed by atoms with Crippen molar-refractivity contribution < 1.29 is 4.39 Å². The molecular weight excluding hydrogens is 393 g/mol. The fourth-order valence-electron chi connectivity index (χ4n) is 3.01. The zero-order valence-electron chi connectivity index (χ0n) is 17.4. The van der Waals surface area contributed by atoms with Gasteiger partial charge in [0, 0.05) is 42.8 Å². The number of nitrogens with zero attached hydrogens (tertiary/aromatic N) is 4. The van der Waals surface area contributed by atoms with Crippen LogP contribution in [0.3, 0.4) is 0 Å². The van der Waals surface area contributed by atoms with E-state index in [1.165, 1.54) is 12.3 Å². The van der Waals surface area contributed by atoms with Crippen LogP contribution >= 0.6 is 0 Å². The van der Waals surface area contributed by atoms with Crippen LogP contribution < -0.4 is 10.6 Å². The summed E-state index contributed by atoms with van der Waals surface area (Å²) in [6.45, 7) is 5.02. The van der Waals surface area contributed by atoms with Crippen LogP contribution in [0.2, 0.25) is 0 Å². The highest BCUT2D eigenvalue weighted by molar-refractivity contribution is 6.31. The van der Waals surface area contributed by atoms with Gasteiger partial charge in [-0.2, -0.15) is 5.26 Å². The van der Waals surface area contributed by atoms with Crippen molar-refractivity contribution in [2.24, 2.45) is 4.99 Å². The molecule has 8 heteroatoms. The first kappa shape index (κ1) is 21.9. The maximum Gasteiger partial charge on any atom is 0.139 e. The summed E-state index contributed by atoms with van der Waals surface area (Å²) in [5, 5.41) is 15.3. The molecule has 1 aromatic carbocycles. The van der Waals surface area contributed by atoms with E-state index in [9.17, 15) is 4.39 Å². The first-order valence-corrected chi connectivity index (χ1v) is 9.95. The molecule has 158 valence electrons.